The lowest BCUT2D eigenvalue weighted by Gasteiger charge is -2.36. The van der Waals surface area contributed by atoms with Gasteiger partial charge < -0.3 is 24.8 Å². The molecule has 1 aliphatic heterocycles. The van der Waals surface area contributed by atoms with Crippen LogP contribution in [-0.4, -0.2) is 58.6 Å². The molecule has 6 nitrogen and oxygen atoms in total. The number of halogens is 1. The minimum Gasteiger partial charge on any atom is -0.492 e. The van der Waals surface area contributed by atoms with E-state index >= 15 is 0 Å². The molecule has 1 heterocycles. The van der Waals surface area contributed by atoms with Crippen LogP contribution < -0.4 is 15.4 Å². The Balaban J connectivity index is 0.00000312. The fourth-order valence-corrected chi connectivity index (χ4v) is 2.63. The first-order chi connectivity index (χ1) is 11.7. The molecule has 142 valence electrons. The summed E-state index contributed by atoms with van der Waals surface area (Å²) in [6, 6.07) is 8.05. The molecule has 1 saturated heterocycles. The quantitative estimate of drug-likeness (QED) is 0.282. The number of aryl methyl sites for hydroxylation is 1. The van der Waals surface area contributed by atoms with E-state index in [1.54, 1.807) is 14.2 Å². The summed E-state index contributed by atoms with van der Waals surface area (Å²) in [6.07, 6.45) is 1.79. The Bertz CT molecular complexity index is 517. The van der Waals surface area contributed by atoms with Crippen molar-refractivity contribution < 1.29 is 14.2 Å². The first-order valence-corrected chi connectivity index (χ1v) is 8.44. The van der Waals surface area contributed by atoms with Crippen LogP contribution >= 0.6 is 24.0 Å². The van der Waals surface area contributed by atoms with E-state index in [1.165, 1.54) is 5.56 Å². The Hall–Kier alpha value is -1.06. The van der Waals surface area contributed by atoms with Crippen LogP contribution in [0.1, 0.15) is 18.4 Å². The zero-order valence-corrected chi connectivity index (χ0v) is 17.7. The fraction of sp³-hybridized carbons (Fsp3) is 0.611. The number of ether oxygens (including phenoxy) is 3. The summed E-state index contributed by atoms with van der Waals surface area (Å²) in [6.45, 7) is 5.51. The maximum Gasteiger partial charge on any atom is 0.191 e. The molecule has 2 N–H and O–H groups in total. The van der Waals surface area contributed by atoms with Crippen molar-refractivity contribution in [2.45, 2.75) is 25.4 Å². The third-order valence-corrected chi connectivity index (χ3v) is 4.32. The van der Waals surface area contributed by atoms with Crippen LogP contribution in [0, 0.1) is 6.92 Å². The topological polar surface area (TPSA) is 64.1 Å². The number of guanidine groups is 1. The monoisotopic (exact) mass is 463 g/mol. The van der Waals surface area contributed by atoms with E-state index < -0.39 is 0 Å². The van der Waals surface area contributed by atoms with E-state index in [-0.39, 0.29) is 29.6 Å². The molecule has 0 unspecified atom stereocenters. The van der Waals surface area contributed by atoms with E-state index in [1.807, 2.05) is 24.3 Å². The molecule has 0 bridgehead atoms. The van der Waals surface area contributed by atoms with Crippen LogP contribution in [0.4, 0.5) is 0 Å². The summed E-state index contributed by atoms with van der Waals surface area (Å²) in [5.41, 5.74) is 1.05. The molecule has 0 amide bonds. The second-order valence-corrected chi connectivity index (χ2v) is 6.01. The SMILES string of the molecule is CN=C(NCCOc1ccc(C)cc1)NCC1(OC)CCOCC1.I. The average molecular weight is 463 g/mol. The molecule has 1 aromatic carbocycles. The van der Waals surface area contributed by atoms with Crippen LogP contribution in [0.3, 0.4) is 0 Å². The highest BCUT2D eigenvalue weighted by Crippen LogP contribution is 2.23. The van der Waals surface area contributed by atoms with Gasteiger partial charge in [-0.15, -0.1) is 24.0 Å². The smallest absolute Gasteiger partial charge is 0.191 e. The van der Waals surface area contributed by atoms with Crippen LogP contribution in [0.25, 0.3) is 0 Å². The summed E-state index contributed by atoms with van der Waals surface area (Å²) in [5, 5.41) is 6.60. The normalized spacial score (nSPS) is 16.7. The average Bonchev–Trinajstić information content (AvgIpc) is 2.63. The molecule has 1 fully saturated rings. The van der Waals surface area contributed by atoms with Crippen LogP contribution in [0.15, 0.2) is 29.3 Å². The van der Waals surface area contributed by atoms with Gasteiger partial charge in [-0.2, -0.15) is 0 Å². The van der Waals surface area contributed by atoms with E-state index in [9.17, 15) is 0 Å². The van der Waals surface area contributed by atoms with Crippen molar-refractivity contribution in [3.63, 3.8) is 0 Å². The van der Waals surface area contributed by atoms with Gasteiger partial charge in [0.2, 0.25) is 0 Å². The maximum absolute atomic E-state index is 5.72. The van der Waals surface area contributed by atoms with Crippen molar-refractivity contribution in [3.05, 3.63) is 29.8 Å². The highest BCUT2D eigenvalue weighted by molar-refractivity contribution is 14.0. The number of methoxy groups -OCH3 is 1. The zero-order valence-electron chi connectivity index (χ0n) is 15.3. The van der Waals surface area contributed by atoms with Gasteiger partial charge in [0.25, 0.3) is 0 Å². The lowest BCUT2D eigenvalue weighted by Crippen LogP contribution is -2.51. The number of nitrogens with one attached hydrogen (secondary N) is 2. The second-order valence-electron chi connectivity index (χ2n) is 6.01. The first-order valence-electron chi connectivity index (χ1n) is 8.44. The number of benzene rings is 1. The standard InChI is InChI=1S/C18H29N3O3.HI/c1-15-4-6-16(7-5-15)24-13-10-20-17(19-2)21-14-18(22-3)8-11-23-12-9-18;/h4-7H,8-14H2,1-3H3,(H2,19,20,21);1H. The van der Waals surface area contributed by atoms with Crippen molar-refractivity contribution in [1.82, 2.24) is 10.6 Å². The molecule has 0 aliphatic carbocycles. The van der Waals surface area contributed by atoms with Gasteiger partial charge >= 0.3 is 0 Å². The van der Waals surface area contributed by atoms with Gasteiger partial charge in [-0.3, -0.25) is 4.99 Å². The first kappa shape index (κ1) is 22.0. The van der Waals surface area contributed by atoms with Gasteiger partial charge in [0.1, 0.15) is 12.4 Å². The van der Waals surface area contributed by atoms with Crippen LogP contribution in [-0.2, 0) is 9.47 Å². The number of rotatable bonds is 7. The van der Waals surface area contributed by atoms with Gasteiger partial charge in [-0.05, 0) is 19.1 Å². The van der Waals surface area contributed by atoms with Crippen molar-refractivity contribution in [2.75, 3.05) is 47.1 Å². The lowest BCUT2D eigenvalue weighted by atomic mass is 9.94. The minimum absolute atomic E-state index is 0. The third kappa shape index (κ3) is 7.37. The summed E-state index contributed by atoms with van der Waals surface area (Å²) < 4.78 is 16.8. The maximum atomic E-state index is 5.72. The van der Waals surface area contributed by atoms with Crippen molar-refractivity contribution >= 4 is 29.9 Å². The number of aliphatic imine (C=N–C) groups is 1. The summed E-state index contributed by atoms with van der Waals surface area (Å²) in [7, 11) is 3.53. The fourth-order valence-electron chi connectivity index (χ4n) is 2.63. The predicted octanol–water partition coefficient (Wildman–Crippen LogP) is 2.35. The zero-order chi connectivity index (χ0) is 17.3. The predicted molar refractivity (Wildman–Crippen MR) is 111 cm³/mol. The van der Waals surface area contributed by atoms with Crippen molar-refractivity contribution in [1.29, 1.82) is 0 Å². The Morgan fingerprint density at radius 2 is 1.88 bits per heavy atom. The van der Waals surface area contributed by atoms with Gasteiger partial charge in [0.15, 0.2) is 5.96 Å². The number of nitrogens with zero attached hydrogens (tertiary/aromatic N) is 1. The molecule has 0 saturated carbocycles. The second kappa shape index (κ2) is 11.5. The molecule has 2 rings (SSSR count). The Kier molecular flexibility index (Phi) is 10.1. The lowest BCUT2D eigenvalue weighted by molar-refractivity contribution is -0.0855. The highest BCUT2D eigenvalue weighted by Gasteiger charge is 2.32. The minimum atomic E-state index is -0.172. The molecule has 7 heteroatoms. The molecule has 0 aromatic heterocycles. The summed E-state index contributed by atoms with van der Waals surface area (Å²) in [5.74, 6) is 1.64. The van der Waals surface area contributed by atoms with E-state index in [0.717, 1.165) is 37.8 Å². The third-order valence-electron chi connectivity index (χ3n) is 4.32. The molecular formula is C18H30IN3O3. The largest absolute Gasteiger partial charge is 0.492 e. The highest BCUT2D eigenvalue weighted by atomic mass is 127. The molecular weight excluding hydrogens is 433 g/mol. The Morgan fingerprint density at radius 3 is 2.48 bits per heavy atom. The van der Waals surface area contributed by atoms with Gasteiger partial charge in [-0.25, -0.2) is 0 Å². The van der Waals surface area contributed by atoms with Crippen molar-refractivity contribution in [3.8, 4) is 5.75 Å². The van der Waals surface area contributed by atoms with E-state index in [0.29, 0.717) is 19.7 Å². The molecule has 0 radical (unpaired) electrons. The molecule has 1 aliphatic rings. The molecule has 1 aromatic rings. The van der Waals surface area contributed by atoms with E-state index in [4.69, 9.17) is 14.2 Å². The number of hydrogen-bond acceptors (Lipinski definition) is 4. The van der Waals surface area contributed by atoms with Crippen molar-refractivity contribution in [2.24, 2.45) is 4.99 Å². The molecule has 0 spiro atoms. The molecule has 0 atom stereocenters. The van der Waals surface area contributed by atoms with Gasteiger partial charge in [0, 0.05) is 46.8 Å². The van der Waals surface area contributed by atoms with Gasteiger partial charge in [-0.1, -0.05) is 17.7 Å². The van der Waals surface area contributed by atoms with E-state index in [2.05, 4.69) is 22.5 Å². The summed E-state index contributed by atoms with van der Waals surface area (Å²) >= 11 is 0. The Labute approximate surface area is 167 Å². The van der Waals surface area contributed by atoms with Crippen LogP contribution in [0.2, 0.25) is 0 Å². The number of hydrogen-bond donors (Lipinski definition) is 2. The van der Waals surface area contributed by atoms with Gasteiger partial charge in [0.05, 0.1) is 12.1 Å². The summed E-state index contributed by atoms with van der Waals surface area (Å²) in [4.78, 5) is 4.25. The van der Waals surface area contributed by atoms with Crippen LogP contribution in [0.5, 0.6) is 5.75 Å². The molecule has 25 heavy (non-hydrogen) atoms. The Morgan fingerprint density at radius 1 is 1.20 bits per heavy atom.